The summed E-state index contributed by atoms with van der Waals surface area (Å²) in [5, 5.41) is 0. The molecule has 33 heavy (non-hydrogen) atoms. The highest BCUT2D eigenvalue weighted by atomic mass is 19.4. The van der Waals surface area contributed by atoms with Crippen LogP contribution in [0.25, 0.3) is 0 Å². The highest BCUT2D eigenvalue weighted by Crippen LogP contribution is 2.37. The molecule has 1 aromatic rings. The first kappa shape index (κ1) is 29.8. The zero-order valence-electron chi connectivity index (χ0n) is 20.5. The molecule has 0 fully saturated rings. The van der Waals surface area contributed by atoms with Gasteiger partial charge in [-0.05, 0) is 69.2 Å². The van der Waals surface area contributed by atoms with Gasteiger partial charge in [0.15, 0.2) is 0 Å². The van der Waals surface area contributed by atoms with Crippen molar-refractivity contribution in [2.24, 2.45) is 5.92 Å². The van der Waals surface area contributed by atoms with Crippen LogP contribution in [-0.2, 0) is 23.5 Å². The van der Waals surface area contributed by atoms with Crippen molar-refractivity contribution in [3.05, 3.63) is 34.9 Å². The lowest BCUT2D eigenvalue weighted by molar-refractivity contribution is -0.143. The molecular formula is C26H40F6O. The SMILES string of the molecule is CCCCCCCCC(CCCCCc1cc(C(F)(F)F)cc(C(F)(F)F)c1)C(C)(C)OC. The van der Waals surface area contributed by atoms with Gasteiger partial charge < -0.3 is 4.74 Å². The van der Waals surface area contributed by atoms with E-state index in [1.54, 1.807) is 7.11 Å². The van der Waals surface area contributed by atoms with E-state index >= 15 is 0 Å². The summed E-state index contributed by atoms with van der Waals surface area (Å²) in [4.78, 5) is 0. The Morgan fingerprint density at radius 1 is 0.697 bits per heavy atom. The molecule has 0 aromatic heterocycles. The molecule has 1 nitrogen and oxygen atoms in total. The molecule has 1 atom stereocenters. The van der Waals surface area contributed by atoms with Crippen molar-refractivity contribution in [3.63, 3.8) is 0 Å². The second-order valence-electron chi connectivity index (χ2n) is 9.57. The monoisotopic (exact) mass is 482 g/mol. The zero-order valence-corrected chi connectivity index (χ0v) is 20.5. The van der Waals surface area contributed by atoms with E-state index in [-0.39, 0.29) is 23.7 Å². The number of hydrogen-bond acceptors (Lipinski definition) is 1. The third-order valence-electron chi connectivity index (χ3n) is 6.58. The van der Waals surface area contributed by atoms with Crippen LogP contribution in [0.3, 0.4) is 0 Å². The smallest absolute Gasteiger partial charge is 0.379 e. The fourth-order valence-electron chi connectivity index (χ4n) is 4.24. The van der Waals surface area contributed by atoms with Gasteiger partial charge in [0.25, 0.3) is 0 Å². The summed E-state index contributed by atoms with van der Waals surface area (Å²) in [6.07, 6.45) is 2.12. The molecule has 1 unspecified atom stereocenters. The average Bonchev–Trinajstić information content (AvgIpc) is 2.72. The maximum atomic E-state index is 13.0. The van der Waals surface area contributed by atoms with Crippen molar-refractivity contribution >= 4 is 0 Å². The second-order valence-corrected chi connectivity index (χ2v) is 9.57. The maximum Gasteiger partial charge on any atom is 0.416 e. The molecular weight excluding hydrogens is 442 g/mol. The van der Waals surface area contributed by atoms with E-state index in [4.69, 9.17) is 4.74 Å². The molecule has 0 heterocycles. The Morgan fingerprint density at radius 3 is 1.61 bits per heavy atom. The van der Waals surface area contributed by atoms with Crippen LogP contribution in [0.5, 0.6) is 0 Å². The molecule has 0 spiro atoms. The average molecular weight is 483 g/mol. The second kappa shape index (κ2) is 13.6. The highest BCUT2D eigenvalue weighted by molar-refractivity contribution is 5.33. The van der Waals surface area contributed by atoms with Crippen molar-refractivity contribution < 1.29 is 31.1 Å². The van der Waals surface area contributed by atoms with Gasteiger partial charge in [0.2, 0.25) is 0 Å². The largest absolute Gasteiger partial charge is 0.416 e. The lowest BCUT2D eigenvalue weighted by Crippen LogP contribution is -2.33. The minimum Gasteiger partial charge on any atom is -0.379 e. The molecule has 7 heteroatoms. The normalized spacial score (nSPS) is 14.0. The summed E-state index contributed by atoms with van der Waals surface area (Å²) in [5.74, 6) is 0.374. The molecule has 0 aliphatic rings. The fourth-order valence-corrected chi connectivity index (χ4v) is 4.24. The van der Waals surface area contributed by atoms with E-state index in [9.17, 15) is 26.3 Å². The van der Waals surface area contributed by atoms with Crippen LogP contribution in [-0.4, -0.2) is 12.7 Å². The predicted molar refractivity (Wildman–Crippen MR) is 121 cm³/mol. The number of halogens is 6. The minimum absolute atomic E-state index is 0.0815. The summed E-state index contributed by atoms with van der Waals surface area (Å²) in [7, 11) is 1.71. The van der Waals surface area contributed by atoms with Crippen LogP contribution in [0, 0.1) is 5.92 Å². The van der Waals surface area contributed by atoms with Gasteiger partial charge in [-0.2, -0.15) is 26.3 Å². The first-order valence-corrected chi connectivity index (χ1v) is 12.1. The Morgan fingerprint density at radius 2 is 1.15 bits per heavy atom. The number of rotatable bonds is 15. The van der Waals surface area contributed by atoms with Crippen molar-refractivity contribution in [2.75, 3.05) is 7.11 Å². The van der Waals surface area contributed by atoms with Crippen LogP contribution in [0.15, 0.2) is 18.2 Å². The molecule has 0 radical (unpaired) electrons. The van der Waals surface area contributed by atoms with Crippen LogP contribution in [0.2, 0.25) is 0 Å². The summed E-state index contributed by atoms with van der Waals surface area (Å²) in [5.41, 5.74) is -2.66. The van der Waals surface area contributed by atoms with Gasteiger partial charge in [0.05, 0.1) is 16.7 Å². The van der Waals surface area contributed by atoms with E-state index in [1.807, 2.05) is 0 Å². The summed E-state index contributed by atoms with van der Waals surface area (Å²) < 4.78 is 83.8. The van der Waals surface area contributed by atoms with Gasteiger partial charge in [-0.15, -0.1) is 0 Å². The Bertz CT molecular complexity index is 646. The third kappa shape index (κ3) is 11.2. The summed E-state index contributed by atoms with van der Waals surface area (Å²) in [6, 6.07) is 1.86. The minimum atomic E-state index is -4.80. The lowest BCUT2D eigenvalue weighted by Gasteiger charge is -2.33. The Hall–Kier alpha value is -1.24. The first-order chi connectivity index (χ1) is 15.3. The molecule has 0 amide bonds. The Labute approximate surface area is 195 Å². The number of ether oxygens (including phenoxy) is 1. The van der Waals surface area contributed by atoms with Crippen LogP contribution in [0.4, 0.5) is 26.3 Å². The van der Waals surface area contributed by atoms with E-state index in [1.165, 1.54) is 32.1 Å². The topological polar surface area (TPSA) is 9.23 Å². The van der Waals surface area contributed by atoms with Crippen molar-refractivity contribution in [1.29, 1.82) is 0 Å². The summed E-state index contributed by atoms with van der Waals surface area (Å²) >= 11 is 0. The zero-order chi connectivity index (χ0) is 25.1. The number of unbranched alkanes of at least 4 members (excludes halogenated alkanes) is 7. The van der Waals surface area contributed by atoms with Gasteiger partial charge >= 0.3 is 12.4 Å². The van der Waals surface area contributed by atoms with Crippen LogP contribution < -0.4 is 0 Å². The Kier molecular flexibility index (Phi) is 12.3. The van der Waals surface area contributed by atoms with E-state index in [0.717, 1.165) is 44.2 Å². The molecule has 0 bridgehead atoms. The number of hydrogen-bond donors (Lipinski definition) is 0. The van der Waals surface area contributed by atoms with Gasteiger partial charge in [-0.3, -0.25) is 0 Å². The van der Waals surface area contributed by atoms with Crippen molar-refractivity contribution in [2.45, 2.75) is 116 Å². The molecule has 0 aliphatic heterocycles. The number of benzene rings is 1. The van der Waals surface area contributed by atoms with E-state index < -0.39 is 23.5 Å². The van der Waals surface area contributed by atoms with E-state index in [2.05, 4.69) is 20.8 Å². The Balaban J connectivity index is 2.60. The predicted octanol–water partition coefficient (Wildman–Crippen LogP) is 9.62. The molecule has 0 N–H and O–H groups in total. The van der Waals surface area contributed by atoms with Gasteiger partial charge in [0.1, 0.15) is 0 Å². The van der Waals surface area contributed by atoms with Crippen LogP contribution in [0.1, 0.15) is 108 Å². The molecule has 0 aliphatic carbocycles. The van der Waals surface area contributed by atoms with E-state index in [0.29, 0.717) is 12.3 Å². The van der Waals surface area contributed by atoms with Gasteiger partial charge in [-0.25, -0.2) is 0 Å². The highest BCUT2D eigenvalue weighted by Gasteiger charge is 2.36. The lowest BCUT2D eigenvalue weighted by atomic mass is 9.82. The standard InChI is InChI=1S/C26H40F6O/c1-5-6-7-8-9-12-15-21(24(2,3)33-4)16-13-10-11-14-20-17-22(25(27,28)29)19-23(18-20)26(30,31)32/h17-19,21H,5-16H2,1-4H3. The molecule has 1 rings (SSSR count). The molecule has 1 aromatic carbocycles. The number of methoxy groups -OCH3 is 1. The number of aryl methyl sites for hydroxylation is 1. The molecule has 0 saturated heterocycles. The number of alkyl halides is 6. The third-order valence-corrected chi connectivity index (χ3v) is 6.58. The maximum absolute atomic E-state index is 13.0. The molecule has 192 valence electrons. The molecule has 0 saturated carbocycles. The van der Waals surface area contributed by atoms with Gasteiger partial charge in [0, 0.05) is 7.11 Å². The quantitative estimate of drug-likeness (QED) is 0.179. The fraction of sp³-hybridized carbons (Fsp3) is 0.769. The first-order valence-electron chi connectivity index (χ1n) is 12.1. The summed E-state index contributed by atoms with van der Waals surface area (Å²) in [6.45, 7) is 6.35. The van der Waals surface area contributed by atoms with Crippen molar-refractivity contribution in [1.82, 2.24) is 0 Å². The van der Waals surface area contributed by atoms with Crippen molar-refractivity contribution in [3.8, 4) is 0 Å². The van der Waals surface area contributed by atoms with Gasteiger partial charge in [-0.1, -0.05) is 58.3 Å². The van der Waals surface area contributed by atoms with Crippen LogP contribution >= 0.6 is 0 Å².